The highest BCUT2D eigenvalue weighted by molar-refractivity contribution is 5.84. The number of likely N-dealkylation sites (tertiary alicyclic amines) is 1. The molecule has 1 aliphatic carbocycles. The maximum atomic E-state index is 12.8. The fraction of sp³-hybridized carbons (Fsp3) is 0.684. The zero-order chi connectivity index (χ0) is 19.8. The van der Waals surface area contributed by atoms with Gasteiger partial charge in [-0.15, -0.1) is 0 Å². The highest BCUT2D eigenvalue weighted by Gasteiger charge is 2.30. The molecule has 1 amide bonds. The SMILES string of the molecule is C[C@@H](Nc1nc2c(cnn2C2CCCC2)c(=O)[nH]1)C(=O)N1CC[C@@H](N(C)C)C1. The molecule has 2 aromatic rings. The van der Waals surface area contributed by atoms with Gasteiger partial charge < -0.3 is 15.1 Å². The number of nitrogens with one attached hydrogen (secondary N) is 2. The number of carbonyl (C=O) groups is 1. The molecule has 152 valence electrons. The quantitative estimate of drug-likeness (QED) is 0.800. The van der Waals surface area contributed by atoms with Crippen LogP contribution in [0.1, 0.15) is 45.1 Å². The summed E-state index contributed by atoms with van der Waals surface area (Å²) in [4.78, 5) is 36.6. The van der Waals surface area contributed by atoms with Crippen molar-refractivity contribution in [1.82, 2.24) is 29.5 Å². The Balaban J connectivity index is 1.52. The first-order valence-corrected chi connectivity index (χ1v) is 10.1. The molecule has 1 aliphatic heterocycles. The number of fused-ring (bicyclic) bond motifs is 1. The summed E-state index contributed by atoms with van der Waals surface area (Å²) < 4.78 is 1.87. The highest BCUT2D eigenvalue weighted by Crippen LogP contribution is 2.30. The average Bonchev–Trinajstić information content (AvgIpc) is 3.40. The Bertz CT molecular complexity index is 913. The van der Waals surface area contributed by atoms with E-state index in [2.05, 4.69) is 25.3 Å². The van der Waals surface area contributed by atoms with Crippen LogP contribution in [0.2, 0.25) is 0 Å². The Morgan fingerprint density at radius 3 is 2.75 bits per heavy atom. The third-order valence-electron chi connectivity index (χ3n) is 6.06. The molecule has 2 aliphatic rings. The maximum absolute atomic E-state index is 12.8. The summed E-state index contributed by atoms with van der Waals surface area (Å²) in [6, 6.07) is 0.224. The van der Waals surface area contributed by atoms with Gasteiger partial charge in [-0.05, 0) is 40.3 Å². The number of aromatic nitrogens is 4. The molecular formula is C19H29N7O2. The predicted molar refractivity (Wildman–Crippen MR) is 107 cm³/mol. The molecule has 1 saturated carbocycles. The summed E-state index contributed by atoms with van der Waals surface area (Å²) in [7, 11) is 4.08. The van der Waals surface area contributed by atoms with Crippen LogP contribution in [-0.2, 0) is 4.79 Å². The van der Waals surface area contributed by atoms with Crippen molar-refractivity contribution in [3.8, 4) is 0 Å². The molecule has 0 spiro atoms. The number of hydrogen-bond acceptors (Lipinski definition) is 6. The van der Waals surface area contributed by atoms with Gasteiger partial charge in [0.1, 0.15) is 11.4 Å². The summed E-state index contributed by atoms with van der Waals surface area (Å²) in [5, 5.41) is 7.99. The molecule has 2 N–H and O–H groups in total. The van der Waals surface area contributed by atoms with Gasteiger partial charge in [0.25, 0.3) is 5.56 Å². The molecule has 2 aromatic heterocycles. The van der Waals surface area contributed by atoms with Gasteiger partial charge in [-0.2, -0.15) is 10.1 Å². The van der Waals surface area contributed by atoms with E-state index >= 15 is 0 Å². The second-order valence-corrected chi connectivity index (χ2v) is 8.24. The average molecular weight is 387 g/mol. The van der Waals surface area contributed by atoms with E-state index in [1.807, 2.05) is 30.6 Å². The monoisotopic (exact) mass is 387 g/mol. The Labute approximate surface area is 164 Å². The number of H-pyrrole nitrogens is 1. The molecule has 0 unspecified atom stereocenters. The fourth-order valence-corrected chi connectivity index (χ4v) is 4.32. The number of carbonyl (C=O) groups excluding carboxylic acids is 1. The maximum Gasteiger partial charge on any atom is 0.263 e. The van der Waals surface area contributed by atoms with Crippen LogP contribution in [0.5, 0.6) is 0 Å². The van der Waals surface area contributed by atoms with Crippen LogP contribution in [0.15, 0.2) is 11.0 Å². The number of likely N-dealkylation sites (N-methyl/N-ethyl adjacent to an activating group) is 1. The lowest BCUT2D eigenvalue weighted by Crippen LogP contribution is -2.42. The first-order valence-electron chi connectivity index (χ1n) is 10.1. The van der Waals surface area contributed by atoms with Crippen LogP contribution in [0, 0.1) is 0 Å². The molecule has 2 fully saturated rings. The van der Waals surface area contributed by atoms with Gasteiger partial charge >= 0.3 is 0 Å². The third kappa shape index (κ3) is 3.50. The fourth-order valence-electron chi connectivity index (χ4n) is 4.32. The molecule has 0 aromatic carbocycles. The third-order valence-corrected chi connectivity index (χ3v) is 6.06. The number of aromatic amines is 1. The van der Waals surface area contributed by atoms with Gasteiger partial charge in [0.05, 0.1) is 12.2 Å². The summed E-state index contributed by atoms with van der Waals surface area (Å²) in [6.45, 7) is 3.30. The second kappa shape index (κ2) is 7.54. The Kier molecular flexibility index (Phi) is 5.09. The van der Waals surface area contributed by atoms with Crippen LogP contribution in [0.4, 0.5) is 5.95 Å². The van der Waals surface area contributed by atoms with Crippen LogP contribution < -0.4 is 10.9 Å². The van der Waals surface area contributed by atoms with E-state index in [9.17, 15) is 9.59 Å². The van der Waals surface area contributed by atoms with Crippen molar-refractivity contribution in [2.24, 2.45) is 0 Å². The molecule has 9 heteroatoms. The van der Waals surface area contributed by atoms with Crippen molar-refractivity contribution in [1.29, 1.82) is 0 Å². The van der Waals surface area contributed by atoms with Gasteiger partial charge in [0.15, 0.2) is 5.65 Å². The second-order valence-electron chi connectivity index (χ2n) is 8.24. The standard InChI is InChI=1S/C19H29N7O2/c1-12(18(28)25-9-8-14(11-25)24(2)3)21-19-22-16-15(17(27)23-19)10-20-26(16)13-6-4-5-7-13/h10,12-14H,4-9,11H2,1-3H3,(H2,21,22,23,27)/t12-,14-/m1/s1. The topological polar surface area (TPSA) is 99.1 Å². The molecule has 4 rings (SSSR count). The Morgan fingerprint density at radius 1 is 1.32 bits per heavy atom. The van der Waals surface area contributed by atoms with E-state index in [-0.39, 0.29) is 11.5 Å². The summed E-state index contributed by atoms with van der Waals surface area (Å²) in [5.41, 5.74) is 0.358. The largest absolute Gasteiger partial charge is 0.344 e. The lowest BCUT2D eigenvalue weighted by atomic mass is 10.2. The van der Waals surface area contributed by atoms with Crippen LogP contribution in [-0.4, -0.2) is 74.7 Å². The number of nitrogens with zero attached hydrogens (tertiary/aromatic N) is 5. The zero-order valence-electron chi connectivity index (χ0n) is 16.8. The summed E-state index contributed by atoms with van der Waals surface area (Å²) >= 11 is 0. The van der Waals surface area contributed by atoms with E-state index in [4.69, 9.17) is 0 Å². The number of hydrogen-bond donors (Lipinski definition) is 2. The van der Waals surface area contributed by atoms with Crippen LogP contribution >= 0.6 is 0 Å². The minimum absolute atomic E-state index is 0.0244. The Morgan fingerprint density at radius 2 is 2.07 bits per heavy atom. The normalized spacial score (nSPS) is 21.7. The van der Waals surface area contributed by atoms with E-state index < -0.39 is 6.04 Å². The smallest absolute Gasteiger partial charge is 0.263 e. The molecule has 1 saturated heterocycles. The van der Waals surface area contributed by atoms with Gasteiger partial charge in [-0.25, -0.2) is 4.68 Å². The van der Waals surface area contributed by atoms with Crippen molar-refractivity contribution >= 4 is 22.9 Å². The van der Waals surface area contributed by atoms with E-state index in [0.717, 1.165) is 32.4 Å². The van der Waals surface area contributed by atoms with Gasteiger partial charge in [0, 0.05) is 19.1 Å². The van der Waals surface area contributed by atoms with E-state index in [1.165, 1.54) is 12.8 Å². The molecular weight excluding hydrogens is 358 g/mol. The first kappa shape index (κ1) is 18.9. The molecule has 3 heterocycles. The molecule has 0 bridgehead atoms. The zero-order valence-corrected chi connectivity index (χ0v) is 16.8. The van der Waals surface area contributed by atoms with Crippen molar-refractivity contribution < 1.29 is 4.79 Å². The lowest BCUT2D eigenvalue weighted by Gasteiger charge is -2.23. The lowest BCUT2D eigenvalue weighted by molar-refractivity contribution is -0.130. The van der Waals surface area contributed by atoms with Crippen LogP contribution in [0.3, 0.4) is 0 Å². The molecule has 28 heavy (non-hydrogen) atoms. The van der Waals surface area contributed by atoms with Crippen molar-refractivity contribution in [2.75, 3.05) is 32.5 Å². The number of rotatable bonds is 5. The minimum Gasteiger partial charge on any atom is -0.344 e. The first-order chi connectivity index (χ1) is 13.4. The number of anilines is 1. The number of amides is 1. The van der Waals surface area contributed by atoms with Crippen molar-refractivity contribution in [2.45, 2.75) is 57.2 Å². The predicted octanol–water partition coefficient (Wildman–Crippen LogP) is 1.20. The minimum atomic E-state index is -0.468. The highest BCUT2D eigenvalue weighted by atomic mass is 16.2. The van der Waals surface area contributed by atoms with Gasteiger partial charge in [0.2, 0.25) is 11.9 Å². The van der Waals surface area contributed by atoms with Crippen LogP contribution in [0.25, 0.3) is 11.0 Å². The van der Waals surface area contributed by atoms with E-state index in [1.54, 1.807) is 6.20 Å². The molecule has 2 atom stereocenters. The summed E-state index contributed by atoms with van der Waals surface area (Å²) in [5.74, 6) is 0.345. The van der Waals surface area contributed by atoms with Crippen molar-refractivity contribution in [3.63, 3.8) is 0 Å². The van der Waals surface area contributed by atoms with Gasteiger partial charge in [-0.3, -0.25) is 14.6 Å². The Hall–Kier alpha value is -2.42. The molecule has 9 nitrogen and oxygen atoms in total. The van der Waals surface area contributed by atoms with Crippen molar-refractivity contribution in [3.05, 3.63) is 16.6 Å². The molecule has 0 radical (unpaired) electrons. The summed E-state index contributed by atoms with van der Waals surface area (Å²) in [6.07, 6.45) is 7.04. The van der Waals surface area contributed by atoms with E-state index in [0.29, 0.717) is 29.1 Å². The van der Waals surface area contributed by atoms with Gasteiger partial charge in [-0.1, -0.05) is 12.8 Å².